The highest BCUT2D eigenvalue weighted by Gasteiger charge is 2.16. The first-order valence-electron chi connectivity index (χ1n) is 7.99. The zero-order chi connectivity index (χ0) is 13.8. The van der Waals surface area contributed by atoms with Crippen molar-refractivity contribution >= 4 is 0 Å². The van der Waals surface area contributed by atoms with Crippen molar-refractivity contribution in [1.82, 2.24) is 5.32 Å². The molecule has 0 saturated heterocycles. The Morgan fingerprint density at radius 2 is 1.74 bits per heavy atom. The zero-order valence-corrected chi connectivity index (χ0v) is 13.0. The second kappa shape index (κ2) is 6.56. The van der Waals surface area contributed by atoms with Gasteiger partial charge in [-0.2, -0.15) is 0 Å². The van der Waals surface area contributed by atoms with E-state index in [4.69, 9.17) is 0 Å². The van der Waals surface area contributed by atoms with Gasteiger partial charge in [-0.15, -0.1) is 0 Å². The number of aryl methyl sites for hydroxylation is 2. The molecule has 1 heteroatoms. The predicted octanol–water partition coefficient (Wildman–Crippen LogP) is 4.65. The van der Waals surface area contributed by atoms with Gasteiger partial charge in [0.25, 0.3) is 0 Å². The molecule has 1 aliphatic rings. The SMILES string of the molecule is CCC(NC(C)c1ccc2c(c1)CCCC2)C(C)C. The summed E-state index contributed by atoms with van der Waals surface area (Å²) in [5.74, 6) is 0.699. The summed E-state index contributed by atoms with van der Waals surface area (Å²) in [6.45, 7) is 9.19. The van der Waals surface area contributed by atoms with Crippen LogP contribution in [0.5, 0.6) is 0 Å². The van der Waals surface area contributed by atoms with Crippen LogP contribution in [0.25, 0.3) is 0 Å². The smallest absolute Gasteiger partial charge is 0.0294 e. The number of rotatable bonds is 5. The lowest BCUT2D eigenvalue weighted by molar-refractivity contribution is 0.355. The summed E-state index contributed by atoms with van der Waals surface area (Å²) in [5, 5.41) is 3.79. The lowest BCUT2D eigenvalue weighted by atomic mass is 9.89. The molecule has 19 heavy (non-hydrogen) atoms. The van der Waals surface area contributed by atoms with Gasteiger partial charge in [-0.05, 0) is 61.6 Å². The third kappa shape index (κ3) is 3.60. The third-order valence-corrected chi connectivity index (χ3v) is 4.58. The van der Waals surface area contributed by atoms with Gasteiger partial charge in [0.15, 0.2) is 0 Å². The molecule has 0 aliphatic heterocycles. The van der Waals surface area contributed by atoms with Crippen LogP contribution in [0.15, 0.2) is 18.2 Å². The van der Waals surface area contributed by atoms with Crippen LogP contribution in [0.4, 0.5) is 0 Å². The molecule has 1 nitrogen and oxygen atoms in total. The Morgan fingerprint density at radius 1 is 1.05 bits per heavy atom. The molecule has 0 radical (unpaired) electrons. The van der Waals surface area contributed by atoms with Crippen molar-refractivity contribution in [2.24, 2.45) is 5.92 Å². The average Bonchev–Trinajstić information content (AvgIpc) is 2.43. The van der Waals surface area contributed by atoms with Crippen molar-refractivity contribution < 1.29 is 0 Å². The molecule has 2 atom stereocenters. The van der Waals surface area contributed by atoms with Gasteiger partial charge in [0.1, 0.15) is 0 Å². The summed E-state index contributed by atoms with van der Waals surface area (Å²) in [4.78, 5) is 0. The molecular formula is C18H29N. The fraction of sp³-hybridized carbons (Fsp3) is 0.667. The van der Waals surface area contributed by atoms with E-state index >= 15 is 0 Å². The van der Waals surface area contributed by atoms with E-state index in [1.165, 1.54) is 37.7 Å². The molecule has 106 valence electrons. The molecule has 0 aromatic heterocycles. The van der Waals surface area contributed by atoms with Crippen molar-refractivity contribution in [3.8, 4) is 0 Å². The van der Waals surface area contributed by atoms with E-state index in [9.17, 15) is 0 Å². The molecule has 0 fully saturated rings. The van der Waals surface area contributed by atoms with Gasteiger partial charge in [-0.1, -0.05) is 39.0 Å². The molecule has 0 heterocycles. The standard InChI is InChI=1S/C18H29N/c1-5-18(13(2)3)19-14(4)16-11-10-15-8-6-7-9-17(15)12-16/h10-14,18-19H,5-9H2,1-4H3. The maximum atomic E-state index is 3.79. The van der Waals surface area contributed by atoms with Crippen LogP contribution in [0.1, 0.15) is 69.7 Å². The molecule has 1 aromatic carbocycles. The van der Waals surface area contributed by atoms with Crippen molar-refractivity contribution in [3.05, 3.63) is 34.9 Å². The molecule has 2 rings (SSSR count). The topological polar surface area (TPSA) is 12.0 Å². The van der Waals surface area contributed by atoms with E-state index < -0.39 is 0 Å². The summed E-state index contributed by atoms with van der Waals surface area (Å²) in [6, 6.07) is 8.21. The molecule has 0 saturated carbocycles. The maximum absolute atomic E-state index is 3.79. The minimum Gasteiger partial charge on any atom is -0.307 e. The first kappa shape index (κ1) is 14.6. The summed E-state index contributed by atoms with van der Waals surface area (Å²) < 4.78 is 0. The van der Waals surface area contributed by atoms with Crippen LogP contribution >= 0.6 is 0 Å². The molecule has 0 amide bonds. The minimum atomic E-state index is 0.458. The van der Waals surface area contributed by atoms with E-state index in [0.717, 1.165) is 0 Å². The van der Waals surface area contributed by atoms with Crippen molar-refractivity contribution in [2.75, 3.05) is 0 Å². The highest BCUT2D eigenvalue weighted by molar-refractivity contribution is 5.35. The Labute approximate surface area is 118 Å². The first-order valence-corrected chi connectivity index (χ1v) is 7.99. The van der Waals surface area contributed by atoms with Crippen LogP contribution in [0.2, 0.25) is 0 Å². The molecular weight excluding hydrogens is 230 g/mol. The summed E-state index contributed by atoms with van der Waals surface area (Å²) in [5.41, 5.74) is 4.63. The molecule has 0 spiro atoms. The first-order chi connectivity index (χ1) is 9.11. The van der Waals surface area contributed by atoms with Crippen molar-refractivity contribution in [2.45, 2.75) is 71.9 Å². The van der Waals surface area contributed by atoms with Gasteiger partial charge in [0, 0.05) is 12.1 Å². The van der Waals surface area contributed by atoms with Crippen LogP contribution in [0, 0.1) is 5.92 Å². The van der Waals surface area contributed by atoms with E-state index in [1.54, 1.807) is 11.1 Å². The number of hydrogen-bond donors (Lipinski definition) is 1. The monoisotopic (exact) mass is 259 g/mol. The summed E-state index contributed by atoms with van der Waals surface area (Å²) >= 11 is 0. The molecule has 2 unspecified atom stereocenters. The summed E-state index contributed by atoms with van der Waals surface area (Å²) in [6.07, 6.45) is 6.48. The zero-order valence-electron chi connectivity index (χ0n) is 13.0. The minimum absolute atomic E-state index is 0.458. The van der Waals surface area contributed by atoms with E-state index in [1.807, 2.05) is 0 Å². The van der Waals surface area contributed by atoms with Gasteiger partial charge in [-0.25, -0.2) is 0 Å². The normalized spacial score (nSPS) is 18.2. The lowest BCUT2D eigenvalue weighted by Crippen LogP contribution is -2.35. The molecule has 1 aliphatic carbocycles. The quantitative estimate of drug-likeness (QED) is 0.811. The Kier molecular flexibility index (Phi) is 5.04. The highest BCUT2D eigenvalue weighted by atomic mass is 14.9. The van der Waals surface area contributed by atoms with Gasteiger partial charge >= 0.3 is 0 Å². The van der Waals surface area contributed by atoms with Crippen molar-refractivity contribution in [3.63, 3.8) is 0 Å². The number of nitrogens with one attached hydrogen (secondary N) is 1. The van der Waals surface area contributed by atoms with Gasteiger partial charge < -0.3 is 5.32 Å². The Balaban J connectivity index is 2.08. The lowest BCUT2D eigenvalue weighted by Gasteiger charge is -2.26. The van der Waals surface area contributed by atoms with Crippen LogP contribution < -0.4 is 5.32 Å². The van der Waals surface area contributed by atoms with E-state index in [0.29, 0.717) is 18.0 Å². The fourth-order valence-electron chi connectivity index (χ4n) is 3.22. The van der Waals surface area contributed by atoms with E-state index in [2.05, 4.69) is 51.2 Å². The Bertz CT molecular complexity index is 408. The largest absolute Gasteiger partial charge is 0.307 e. The maximum Gasteiger partial charge on any atom is 0.0294 e. The van der Waals surface area contributed by atoms with Crippen molar-refractivity contribution in [1.29, 1.82) is 0 Å². The van der Waals surface area contributed by atoms with Crippen LogP contribution in [-0.2, 0) is 12.8 Å². The highest BCUT2D eigenvalue weighted by Crippen LogP contribution is 2.25. The van der Waals surface area contributed by atoms with Crippen LogP contribution in [-0.4, -0.2) is 6.04 Å². The number of hydrogen-bond acceptors (Lipinski definition) is 1. The van der Waals surface area contributed by atoms with E-state index in [-0.39, 0.29) is 0 Å². The molecule has 1 aromatic rings. The second-order valence-electron chi connectivity index (χ2n) is 6.38. The fourth-order valence-corrected chi connectivity index (χ4v) is 3.22. The average molecular weight is 259 g/mol. The third-order valence-electron chi connectivity index (χ3n) is 4.58. The number of fused-ring (bicyclic) bond motifs is 1. The Hall–Kier alpha value is -0.820. The van der Waals surface area contributed by atoms with Crippen LogP contribution in [0.3, 0.4) is 0 Å². The van der Waals surface area contributed by atoms with Gasteiger partial charge in [0.2, 0.25) is 0 Å². The summed E-state index contributed by atoms with van der Waals surface area (Å²) in [7, 11) is 0. The predicted molar refractivity (Wildman–Crippen MR) is 83.6 cm³/mol. The van der Waals surface area contributed by atoms with Gasteiger partial charge in [-0.3, -0.25) is 0 Å². The number of benzene rings is 1. The Morgan fingerprint density at radius 3 is 2.37 bits per heavy atom. The second-order valence-corrected chi connectivity index (χ2v) is 6.38. The molecule has 0 bridgehead atoms. The van der Waals surface area contributed by atoms with Gasteiger partial charge in [0.05, 0.1) is 0 Å². The molecule has 1 N–H and O–H groups in total.